The smallest absolute Gasteiger partial charge is 0.191 e. The number of thiophene rings is 1. The lowest BCUT2D eigenvalue weighted by atomic mass is 10.2. The van der Waals surface area contributed by atoms with Crippen LogP contribution in [0.4, 0.5) is 0 Å². The van der Waals surface area contributed by atoms with E-state index in [-0.39, 0.29) is 0 Å². The molecule has 0 spiro atoms. The zero-order valence-electron chi connectivity index (χ0n) is 14.4. The molecule has 0 fully saturated rings. The van der Waals surface area contributed by atoms with Crippen molar-refractivity contribution in [2.45, 2.75) is 26.4 Å². The summed E-state index contributed by atoms with van der Waals surface area (Å²) in [4.78, 5) is 15.4. The number of hydrogen-bond donors (Lipinski definition) is 2. The van der Waals surface area contributed by atoms with Gasteiger partial charge in [0.15, 0.2) is 5.96 Å². The van der Waals surface area contributed by atoms with Crippen molar-refractivity contribution < 1.29 is 0 Å². The van der Waals surface area contributed by atoms with E-state index in [0.717, 1.165) is 30.3 Å². The minimum absolute atomic E-state index is 0.675. The lowest BCUT2D eigenvalue weighted by Crippen LogP contribution is -2.36. The molecule has 0 saturated heterocycles. The van der Waals surface area contributed by atoms with Gasteiger partial charge in [-0.05, 0) is 36.2 Å². The Morgan fingerprint density at radius 3 is 2.72 bits per heavy atom. The summed E-state index contributed by atoms with van der Waals surface area (Å²) < 4.78 is 1.89. The lowest BCUT2D eigenvalue weighted by Gasteiger charge is -2.12. The van der Waals surface area contributed by atoms with Gasteiger partial charge in [0.1, 0.15) is 12.1 Å². The first-order chi connectivity index (χ1) is 12.3. The molecule has 0 aromatic carbocycles. The van der Waals surface area contributed by atoms with Gasteiger partial charge in [-0.15, -0.1) is 11.3 Å². The number of aryl methyl sites for hydroxylation is 1. The van der Waals surface area contributed by atoms with Crippen molar-refractivity contribution in [1.82, 2.24) is 25.2 Å². The predicted octanol–water partition coefficient (Wildman–Crippen LogP) is 2.76. The fourth-order valence-corrected chi connectivity index (χ4v) is 3.29. The number of nitrogens with zero attached hydrogens (tertiary/aromatic N) is 4. The number of imidazole rings is 1. The van der Waals surface area contributed by atoms with Crippen molar-refractivity contribution >= 4 is 17.3 Å². The summed E-state index contributed by atoms with van der Waals surface area (Å²) in [6, 6.07) is 8.39. The molecule has 3 aromatic heterocycles. The number of rotatable bonds is 6. The Morgan fingerprint density at radius 1 is 1.16 bits per heavy atom. The average Bonchev–Trinajstić information content (AvgIpc) is 3.34. The Kier molecular flexibility index (Phi) is 5.79. The molecule has 0 saturated carbocycles. The van der Waals surface area contributed by atoms with Crippen LogP contribution in [0.15, 0.2) is 54.2 Å². The average molecular weight is 354 g/mol. The molecule has 3 rings (SSSR count). The van der Waals surface area contributed by atoms with Gasteiger partial charge in [0.2, 0.25) is 0 Å². The summed E-state index contributed by atoms with van der Waals surface area (Å²) in [5.41, 5.74) is 1.13. The third-order valence-corrected chi connectivity index (χ3v) is 4.99. The number of hydrogen-bond acceptors (Lipinski definition) is 4. The standard InChI is InChI=1S/C18H22N6S/c1-3-15-4-5-16(25-15)12-23-18(19-2)22-11-14-6-7-21-17(10-14)24-9-8-20-13-24/h4-10,13H,3,11-12H2,1-2H3,(H2,19,22,23). The third kappa shape index (κ3) is 4.67. The van der Waals surface area contributed by atoms with Crippen LogP contribution >= 0.6 is 11.3 Å². The molecule has 3 aromatic rings. The second-order valence-corrected chi connectivity index (χ2v) is 6.75. The summed E-state index contributed by atoms with van der Waals surface area (Å²) in [6.07, 6.45) is 8.25. The van der Waals surface area contributed by atoms with Gasteiger partial charge in [0, 0.05) is 41.9 Å². The molecule has 130 valence electrons. The van der Waals surface area contributed by atoms with Crippen molar-refractivity contribution in [3.8, 4) is 5.82 Å². The highest BCUT2D eigenvalue weighted by Gasteiger charge is 2.03. The zero-order valence-corrected chi connectivity index (χ0v) is 15.3. The van der Waals surface area contributed by atoms with Gasteiger partial charge >= 0.3 is 0 Å². The SMILES string of the molecule is CCc1ccc(CNC(=NC)NCc2ccnc(-n3ccnc3)c2)s1. The van der Waals surface area contributed by atoms with E-state index in [0.29, 0.717) is 6.54 Å². The number of nitrogens with one attached hydrogen (secondary N) is 2. The molecule has 0 aliphatic rings. The summed E-state index contributed by atoms with van der Waals surface area (Å²) in [6.45, 7) is 3.63. The molecule has 6 nitrogen and oxygen atoms in total. The maximum absolute atomic E-state index is 4.37. The van der Waals surface area contributed by atoms with Crippen molar-refractivity contribution in [1.29, 1.82) is 0 Å². The summed E-state index contributed by atoms with van der Waals surface area (Å²) >= 11 is 1.84. The second kappa shape index (κ2) is 8.43. The molecule has 0 atom stereocenters. The molecule has 0 bridgehead atoms. The van der Waals surface area contributed by atoms with Crippen LogP contribution < -0.4 is 10.6 Å². The Labute approximate surface area is 151 Å². The first-order valence-electron chi connectivity index (χ1n) is 8.24. The number of pyridine rings is 1. The maximum Gasteiger partial charge on any atom is 0.191 e. The molecular weight excluding hydrogens is 332 g/mol. The third-order valence-electron chi connectivity index (χ3n) is 3.76. The molecule has 2 N–H and O–H groups in total. The summed E-state index contributed by atoms with van der Waals surface area (Å²) in [5.74, 6) is 1.64. The van der Waals surface area contributed by atoms with Gasteiger partial charge in [0.05, 0.1) is 6.54 Å². The van der Waals surface area contributed by atoms with E-state index in [1.54, 1.807) is 25.8 Å². The topological polar surface area (TPSA) is 67.1 Å². The van der Waals surface area contributed by atoms with Crippen LogP contribution in [0.3, 0.4) is 0 Å². The Bertz CT molecular complexity index is 822. The number of aliphatic imine (C=N–C) groups is 1. The molecule has 0 unspecified atom stereocenters. The van der Waals surface area contributed by atoms with Crippen LogP contribution in [-0.2, 0) is 19.5 Å². The van der Waals surface area contributed by atoms with Gasteiger partial charge in [0.25, 0.3) is 0 Å². The fraction of sp³-hybridized carbons (Fsp3) is 0.278. The molecule has 0 amide bonds. The van der Waals surface area contributed by atoms with Crippen LogP contribution in [0.25, 0.3) is 5.82 Å². The maximum atomic E-state index is 4.37. The van der Waals surface area contributed by atoms with Gasteiger partial charge < -0.3 is 10.6 Å². The van der Waals surface area contributed by atoms with Crippen LogP contribution in [0.2, 0.25) is 0 Å². The van der Waals surface area contributed by atoms with E-state index in [9.17, 15) is 0 Å². The van der Waals surface area contributed by atoms with Gasteiger partial charge in [-0.2, -0.15) is 0 Å². The molecule has 0 aliphatic heterocycles. The van der Waals surface area contributed by atoms with Crippen molar-refractivity contribution in [3.63, 3.8) is 0 Å². The first kappa shape index (κ1) is 17.2. The minimum Gasteiger partial charge on any atom is -0.352 e. The van der Waals surface area contributed by atoms with E-state index in [2.05, 4.69) is 44.7 Å². The predicted molar refractivity (Wildman–Crippen MR) is 102 cm³/mol. The Hall–Kier alpha value is -2.67. The van der Waals surface area contributed by atoms with Gasteiger partial charge in [-0.25, -0.2) is 9.97 Å². The second-order valence-electron chi connectivity index (χ2n) is 5.49. The molecule has 7 heteroatoms. The largest absolute Gasteiger partial charge is 0.352 e. The fourth-order valence-electron chi connectivity index (χ4n) is 2.39. The van der Waals surface area contributed by atoms with E-state index < -0.39 is 0 Å². The number of aromatic nitrogens is 3. The van der Waals surface area contributed by atoms with E-state index >= 15 is 0 Å². The van der Waals surface area contributed by atoms with Crippen molar-refractivity contribution in [3.05, 3.63) is 64.5 Å². The van der Waals surface area contributed by atoms with Crippen LogP contribution in [0.5, 0.6) is 0 Å². The normalized spacial score (nSPS) is 11.5. The summed E-state index contributed by atoms with van der Waals surface area (Å²) in [7, 11) is 1.78. The highest BCUT2D eigenvalue weighted by Crippen LogP contribution is 2.16. The Balaban J connectivity index is 1.55. The van der Waals surface area contributed by atoms with E-state index in [4.69, 9.17) is 0 Å². The number of guanidine groups is 1. The van der Waals surface area contributed by atoms with E-state index in [1.807, 2.05) is 34.2 Å². The van der Waals surface area contributed by atoms with Crippen molar-refractivity contribution in [2.75, 3.05) is 7.05 Å². The lowest BCUT2D eigenvalue weighted by molar-refractivity contribution is 0.812. The first-order valence-corrected chi connectivity index (χ1v) is 9.05. The highest BCUT2D eigenvalue weighted by atomic mass is 32.1. The highest BCUT2D eigenvalue weighted by molar-refractivity contribution is 7.11. The Morgan fingerprint density at radius 2 is 2.00 bits per heavy atom. The van der Waals surface area contributed by atoms with Crippen LogP contribution in [0.1, 0.15) is 22.2 Å². The van der Waals surface area contributed by atoms with E-state index in [1.165, 1.54) is 9.75 Å². The van der Waals surface area contributed by atoms with Crippen molar-refractivity contribution in [2.24, 2.45) is 4.99 Å². The quantitative estimate of drug-likeness (QED) is 0.528. The molecular formula is C18H22N6S. The molecule has 25 heavy (non-hydrogen) atoms. The monoisotopic (exact) mass is 354 g/mol. The molecule has 3 heterocycles. The van der Waals surface area contributed by atoms with Gasteiger partial charge in [-0.3, -0.25) is 9.56 Å². The molecule has 0 aliphatic carbocycles. The zero-order chi connectivity index (χ0) is 17.5. The molecule has 0 radical (unpaired) electrons. The summed E-state index contributed by atoms with van der Waals surface area (Å²) in [5, 5.41) is 6.69. The minimum atomic E-state index is 0.675. The van der Waals surface area contributed by atoms with Crippen LogP contribution in [0, 0.1) is 0 Å². The van der Waals surface area contributed by atoms with Crippen LogP contribution in [-0.4, -0.2) is 27.5 Å². The van der Waals surface area contributed by atoms with Gasteiger partial charge in [-0.1, -0.05) is 6.92 Å².